The number of halogens is 3. The number of carboxylic acids is 1. The largest absolute Gasteiger partial charge is 0.480 e. The molecule has 0 saturated heterocycles. The van der Waals surface area contributed by atoms with Crippen molar-refractivity contribution in [2.75, 3.05) is 6.61 Å². The van der Waals surface area contributed by atoms with Crippen molar-refractivity contribution < 1.29 is 37.4 Å². The van der Waals surface area contributed by atoms with Gasteiger partial charge in [0.15, 0.2) is 0 Å². The van der Waals surface area contributed by atoms with Gasteiger partial charge >= 0.3 is 18.2 Å². The number of hydrogen-bond acceptors (Lipinski definition) is 4. The number of hydrogen-bond donors (Lipinski definition) is 3. The molecule has 2 amide bonds. The summed E-state index contributed by atoms with van der Waals surface area (Å²) in [6.07, 6.45) is -5.42. The molecule has 4 rings (SSSR count). The summed E-state index contributed by atoms with van der Waals surface area (Å²) in [5.41, 5.74) is 3.76. The molecule has 7 nitrogen and oxygen atoms in total. The summed E-state index contributed by atoms with van der Waals surface area (Å²) < 4.78 is 45.8. The molecule has 0 radical (unpaired) electrons. The van der Waals surface area contributed by atoms with E-state index < -0.39 is 42.7 Å². The highest BCUT2D eigenvalue weighted by molar-refractivity contribution is 5.84. The second-order valence-corrected chi connectivity index (χ2v) is 8.84. The summed E-state index contributed by atoms with van der Waals surface area (Å²) >= 11 is 0. The Bertz CT molecular complexity index is 1070. The Morgan fingerprint density at radius 2 is 1.54 bits per heavy atom. The van der Waals surface area contributed by atoms with Crippen LogP contribution in [-0.2, 0) is 14.3 Å². The first-order valence-corrected chi connectivity index (χ1v) is 11.4. The first-order chi connectivity index (χ1) is 16.6. The minimum atomic E-state index is -4.93. The average Bonchev–Trinajstić information content (AvgIpc) is 3.08. The van der Waals surface area contributed by atoms with Crippen molar-refractivity contribution in [3.05, 3.63) is 59.7 Å². The van der Waals surface area contributed by atoms with Crippen molar-refractivity contribution in [1.82, 2.24) is 10.6 Å². The van der Waals surface area contributed by atoms with Crippen LogP contribution in [0.1, 0.15) is 42.7 Å². The fourth-order valence-electron chi connectivity index (χ4n) is 4.60. The molecule has 1 saturated carbocycles. The molecular formula is C25H25F3N2O5. The highest BCUT2D eigenvalue weighted by atomic mass is 19.4. The van der Waals surface area contributed by atoms with Crippen LogP contribution in [0, 0.1) is 5.92 Å². The number of benzene rings is 2. The average molecular weight is 490 g/mol. The van der Waals surface area contributed by atoms with Gasteiger partial charge in [-0.1, -0.05) is 55.0 Å². The van der Waals surface area contributed by atoms with Gasteiger partial charge in [-0.15, -0.1) is 0 Å². The molecule has 2 aliphatic rings. The highest BCUT2D eigenvalue weighted by Gasteiger charge is 2.43. The van der Waals surface area contributed by atoms with Gasteiger partial charge in [-0.3, -0.25) is 4.79 Å². The number of carbonyl (C=O) groups excluding carboxylic acids is 2. The lowest BCUT2D eigenvalue weighted by Gasteiger charge is -2.32. The van der Waals surface area contributed by atoms with Crippen LogP contribution in [0.2, 0.25) is 0 Å². The molecule has 186 valence electrons. The number of amides is 2. The molecule has 2 aromatic carbocycles. The Kier molecular flexibility index (Phi) is 7.00. The summed E-state index contributed by atoms with van der Waals surface area (Å²) in [4.78, 5) is 35.9. The van der Waals surface area contributed by atoms with Crippen LogP contribution in [0.4, 0.5) is 18.0 Å². The van der Waals surface area contributed by atoms with E-state index in [9.17, 15) is 32.7 Å². The lowest BCUT2D eigenvalue weighted by atomic mass is 9.79. The van der Waals surface area contributed by atoms with Crippen molar-refractivity contribution in [3.63, 3.8) is 0 Å². The van der Waals surface area contributed by atoms with Gasteiger partial charge in [0.2, 0.25) is 5.91 Å². The zero-order valence-corrected chi connectivity index (χ0v) is 18.7. The third kappa shape index (κ3) is 5.41. The molecule has 2 atom stereocenters. The number of carbonyl (C=O) groups is 3. The van der Waals surface area contributed by atoms with Crippen molar-refractivity contribution in [2.24, 2.45) is 5.92 Å². The fraction of sp³-hybridized carbons (Fsp3) is 0.400. The van der Waals surface area contributed by atoms with Gasteiger partial charge in [-0.05, 0) is 41.0 Å². The van der Waals surface area contributed by atoms with E-state index in [1.165, 1.54) is 0 Å². The monoisotopic (exact) mass is 490 g/mol. The second kappa shape index (κ2) is 9.97. The Labute approximate surface area is 199 Å². The molecule has 0 aliphatic heterocycles. The molecule has 0 bridgehead atoms. The van der Waals surface area contributed by atoms with Crippen LogP contribution < -0.4 is 10.6 Å². The Morgan fingerprint density at radius 3 is 2.03 bits per heavy atom. The molecule has 2 aromatic rings. The molecule has 2 unspecified atom stereocenters. The number of alkyl carbamates (subject to hydrolysis) is 1. The molecule has 0 spiro atoms. The Balaban J connectivity index is 1.38. The first-order valence-electron chi connectivity index (χ1n) is 11.4. The summed E-state index contributed by atoms with van der Waals surface area (Å²) in [6, 6.07) is 11.3. The third-order valence-electron chi connectivity index (χ3n) is 6.62. The fourth-order valence-corrected chi connectivity index (χ4v) is 4.60. The standard InChI is InChI=1S/C25H25F3N2O5/c26-25(27,28)20(12-21(31)30-22(23(32)33)14-6-5-7-14)29-24(34)35-13-19-17-10-3-1-8-15(17)16-9-2-4-11-18(16)19/h1-4,8-11,14,19-20,22H,5-7,12-13H2,(H,29,34)(H,30,31)(H,32,33). The quantitative estimate of drug-likeness (QED) is 0.514. The molecule has 3 N–H and O–H groups in total. The molecule has 1 fully saturated rings. The van der Waals surface area contributed by atoms with Crippen molar-refractivity contribution in [2.45, 2.75) is 49.9 Å². The van der Waals surface area contributed by atoms with Crippen LogP contribution in [0.3, 0.4) is 0 Å². The van der Waals surface area contributed by atoms with Crippen molar-refractivity contribution in [3.8, 4) is 11.1 Å². The third-order valence-corrected chi connectivity index (χ3v) is 6.62. The maximum absolute atomic E-state index is 13.5. The van der Waals surface area contributed by atoms with Crippen molar-refractivity contribution in [1.29, 1.82) is 0 Å². The Hall–Kier alpha value is -3.56. The SMILES string of the molecule is O=C(CC(NC(=O)OCC1c2ccccc2-c2ccccc21)C(F)(F)F)NC(C(=O)O)C1CCC1. The minimum absolute atomic E-state index is 0.181. The zero-order valence-electron chi connectivity index (χ0n) is 18.7. The highest BCUT2D eigenvalue weighted by Crippen LogP contribution is 2.44. The molecule has 10 heteroatoms. The van der Waals surface area contributed by atoms with E-state index in [4.69, 9.17) is 4.74 Å². The number of alkyl halides is 3. The van der Waals surface area contributed by atoms with Gasteiger partial charge < -0.3 is 20.5 Å². The van der Waals surface area contributed by atoms with Gasteiger partial charge in [-0.2, -0.15) is 13.2 Å². The minimum Gasteiger partial charge on any atom is -0.480 e. The van der Waals surface area contributed by atoms with Gasteiger partial charge in [0, 0.05) is 5.92 Å². The smallest absolute Gasteiger partial charge is 0.409 e. The lowest BCUT2D eigenvalue weighted by Crippen LogP contribution is -2.52. The second-order valence-electron chi connectivity index (χ2n) is 8.84. The van der Waals surface area contributed by atoms with E-state index in [1.54, 1.807) is 5.32 Å². The number of nitrogens with one attached hydrogen (secondary N) is 2. The topological polar surface area (TPSA) is 105 Å². The summed E-state index contributed by atoms with van der Waals surface area (Å²) in [5.74, 6) is -3.04. The molecule has 35 heavy (non-hydrogen) atoms. The van der Waals surface area contributed by atoms with E-state index in [0.29, 0.717) is 12.8 Å². The van der Waals surface area contributed by atoms with Crippen LogP contribution in [0.15, 0.2) is 48.5 Å². The number of carboxylic acid groups (broad SMARTS) is 1. The normalized spacial score (nSPS) is 16.9. The number of fused-ring (bicyclic) bond motifs is 3. The van der Waals surface area contributed by atoms with Crippen LogP contribution in [0.25, 0.3) is 11.1 Å². The number of rotatable bonds is 8. The number of ether oxygens (including phenoxy) is 1. The predicted octanol–water partition coefficient (Wildman–Crippen LogP) is 4.22. The van der Waals surface area contributed by atoms with Crippen LogP contribution in [0.5, 0.6) is 0 Å². The van der Waals surface area contributed by atoms with E-state index in [-0.39, 0.29) is 18.4 Å². The van der Waals surface area contributed by atoms with E-state index in [2.05, 4.69) is 5.32 Å². The van der Waals surface area contributed by atoms with Gasteiger partial charge in [0.1, 0.15) is 18.7 Å². The Morgan fingerprint density at radius 1 is 0.971 bits per heavy atom. The first kappa shape index (κ1) is 24.6. The predicted molar refractivity (Wildman–Crippen MR) is 120 cm³/mol. The summed E-state index contributed by atoms with van der Waals surface area (Å²) in [7, 11) is 0. The maximum atomic E-state index is 13.5. The lowest BCUT2D eigenvalue weighted by molar-refractivity contribution is -0.161. The van der Waals surface area contributed by atoms with Gasteiger partial charge in [-0.25, -0.2) is 9.59 Å². The van der Waals surface area contributed by atoms with Crippen LogP contribution >= 0.6 is 0 Å². The number of aliphatic carboxylic acids is 1. The molecule has 0 aromatic heterocycles. The van der Waals surface area contributed by atoms with Gasteiger partial charge in [0.25, 0.3) is 0 Å². The summed E-state index contributed by atoms with van der Waals surface area (Å²) in [5, 5.41) is 13.2. The van der Waals surface area contributed by atoms with E-state index in [1.807, 2.05) is 48.5 Å². The maximum Gasteiger partial charge on any atom is 0.409 e. The van der Waals surface area contributed by atoms with Crippen LogP contribution in [-0.4, -0.2) is 47.9 Å². The van der Waals surface area contributed by atoms with E-state index in [0.717, 1.165) is 28.7 Å². The zero-order chi connectivity index (χ0) is 25.2. The van der Waals surface area contributed by atoms with Gasteiger partial charge in [0.05, 0.1) is 6.42 Å². The molecule has 0 heterocycles. The summed E-state index contributed by atoms with van der Waals surface area (Å²) in [6.45, 7) is -0.181. The van der Waals surface area contributed by atoms with Crippen molar-refractivity contribution >= 4 is 18.0 Å². The molecule has 2 aliphatic carbocycles. The van der Waals surface area contributed by atoms with E-state index >= 15 is 0 Å². The molecular weight excluding hydrogens is 465 g/mol.